The van der Waals surface area contributed by atoms with Crippen molar-refractivity contribution in [3.05, 3.63) is 0 Å². The molecule has 0 aromatic rings. The van der Waals surface area contributed by atoms with E-state index in [1.54, 1.807) is 20.9 Å². The van der Waals surface area contributed by atoms with Crippen molar-refractivity contribution >= 4 is 11.9 Å². The SMILES string of the molecule is CNC(C)(C)C(=O)N1CCCC1C(=O)O. The molecule has 0 aromatic carbocycles. The molecule has 86 valence electrons. The lowest BCUT2D eigenvalue weighted by molar-refractivity contribution is -0.150. The number of aliphatic carboxylic acids is 1. The minimum absolute atomic E-state index is 0.144. The summed E-state index contributed by atoms with van der Waals surface area (Å²) in [5.41, 5.74) is -0.696. The second-order valence-corrected chi connectivity index (χ2v) is 4.37. The number of carboxylic acids is 1. The van der Waals surface area contributed by atoms with Crippen molar-refractivity contribution in [3.8, 4) is 0 Å². The Bertz CT molecular complexity index is 276. The summed E-state index contributed by atoms with van der Waals surface area (Å²) in [6, 6.07) is -0.648. The van der Waals surface area contributed by atoms with Gasteiger partial charge in [-0.15, -0.1) is 0 Å². The van der Waals surface area contributed by atoms with Gasteiger partial charge in [-0.25, -0.2) is 4.79 Å². The van der Waals surface area contributed by atoms with E-state index in [1.165, 1.54) is 4.90 Å². The maximum Gasteiger partial charge on any atom is 0.326 e. The number of rotatable bonds is 3. The summed E-state index contributed by atoms with van der Waals surface area (Å²) in [6.45, 7) is 4.06. The molecule has 5 nitrogen and oxygen atoms in total. The first-order valence-electron chi connectivity index (χ1n) is 5.13. The molecular formula is C10H18N2O3. The van der Waals surface area contributed by atoms with E-state index in [0.29, 0.717) is 13.0 Å². The van der Waals surface area contributed by atoms with Gasteiger partial charge in [-0.2, -0.15) is 0 Å². The zero-order chi connectivity index (χ0) is 11.6. The summed E-state index contributed by atoms with van der Waals surface area (Å²) in [6.07, 6.45) is 1.32. The molecule has 1 rings (SSSR count). The third-order valence-electron chi connectivity index (χ3n) is 2.96. The number of likely N-dealkylation sites (tertiary alicyclic amines) is 1. The number of amides is 1. The fraction of sp³-hybridized carbons (Fsp3) is 0.800. The van der Waals surface area contributed by atoms with Gasteiger partial charge in [0.2, 0.25) is 5.91 Å². The molecule has 15 heavy (non-hydrogen) atoms. The van der Waals surface area contributed by atoms with Crippen molar-refractivity contribution in [3.63, 3.8) is 0 Å². The Kier molecular flexibility index (Phi) is 3.34. The molecule has 1 aliphatic rings. The summed E-state index contributed by atoms with van der Waals surface area (Å²) in [5, 5.41) is 11.8. The number of carboxylic acid groups (broad SMARTS) is 1. The van der Waals surface area contributed by atoms with Gasteiger partial charge in [0.25, 0.3) is 0 Å². The minimum Gasteiger partial charge on any atom is -0.480 e. The smallest absolute Gasteiger partial charge is 0.326 e. The molecule has 1 atom stereocenters. The third-order valence-corrected chi connectivity index (χ3v) is 2.96. The molecule has 1 fully saturated rings. The lowest BCUT2D eigenvalue weighted by Crippen LogP contribution is -2.55. The number of hydrogen-bond donors (Lipinski definition) is 2. The average molecular weight is 214 g/mol. The van der Waals surface area contributed by atoms with Crippen LogP contribution in [0.1, 0.15) is 26.7 Å². The highest BCUT2D eigenvalue weighted by Crippen LogP contribution is 2.21. The first kappa shape index (κ1) is 12.0. The van der Waals surface area contributed by atoms with Crippen LogP contribution in [0, 0.1) is 0 Å². The van der Waals surface area contributed by atoms with Gasteiger partial charge in [0.05, 0.1) is 5.54 Å². The summed E-state index contributed by atoms with van der Waals surface area (Å²) in [7, 11) is 1.70. The van der Waals surface area contributed by atoms with E-state index in [1.807, 2.05) is 0 Å². The molecule has 1 unspecified atom stereocenters. The summed E-state index contributed by atoms with van der Waals surface area (Å²) in [4.78, 5) is 24.4. The van der Waals surface area contributed by atoms with E-state index >= 15 is 0 Å². The molecule has 1 saturated heterocycles. The van der Waals surface area contributed by atoms with Crippen LogP contribution in [0.2, 0.25) is 0 Å². The molecule has 0 aliphatic carbocycles. The maximum absolute atomic E-state index is 12.0. The molecule has 0 aromatic heterocycles. The minimum atomic E-state index is -0.909. The molecule has 1 amide bonds. The predicted molar refractivity (Wildman–Crippen MR) is 55.5 cm³/mol. The number of hydrogen-bond acceptors (Lipinski definition) is 3. The van der Waals surface area contributed by atoms with Gasteiger partial charge < -0.3 is 15.3 Å². The maximum atomic E-state index is 12.0. The van der Waals surface area contributed by atoms with Crippen molar-refractivity contribution in [1.82, 2.24) is 10.2 Å². The van der Waals surface area contributed by atoms with Gasteiger partial charge in [-0.3, -0.25) is 4.79 Å². The van der Waals surface area contributed by atoms with Crippen molar-refractivity contribution < 1.29 is 14.7 Å². The van der Waals surface area contributed by atoms with Crippen LogP contribution in [0.15, 0.2) is 0 Å². The van der Waals surface area contributed by atoms with Crippen molar-refractivity contribution in [1.29, 1.82) is 0 Å². The molecule has 5 heteroatoms. The topological polar surface area (TPSA) is 69.6 Å². The van der Waals surface area contributed by atoms with Crippen molar-refractivity contribution in [2.45, 2.75) is 38.3 Å². The van der Waals surface area contributed by atoms with Crippen LogP contribution in [0.3, 0.4) is 0 Å². The fourth-order valence-corrected chi connectivity index (χ4v) is 1.73. The molecule has 0 radical (unpaired) electrons. The highest BCUT2D eigenvalue weighted by atomic mass is 16.4. The number of nitrogens with one attached hydrogen (secondary N) is 1. The van der Waals surface area contributed by atoms with Crippen LogP contribution in [0.5, 0.6) is 0 Å². The monoisotopic (exact) mass is 214 g/mol. The second kappa shape index (κ2) is 4.18. The number of carbonyl (C=O) groups is 2. The number of nitrogens with zero attached hydrogens (tertiary/aromatic N) is 1. The predicted octanol–water partition coefficient (Wildman–Crippen LogP) is 0.0600. The first-order valence-corrected chi connectivity index (χ1v) is 5.13. The van der Waals surface area contributed by atoms with Crippen LogP contribution >= 0.6 is 0 Å². The van der Waals surface area contributed by atoms with E-state index in [-0.39, 0.29) is 5.91 Å². The molecule has 0 spiro atoms. The van der Waals surface area contributed by atoms with Crippen LogP contribution in [-0.4, -0.2) is 47.1 Å². The fourth-order valence-electron chi connectivity index (χ4n) is 1.73. The van der Waals surface area contributed by atoms with Gasteiger partial charge in [0.1, 0.15) is 6.04 Å². The Labute approximate surface area is 89.4 Å². The van der Waals surface area contributed by atoms with Crippen LogP contribution in [0.25, 0.3) is 0 Å². The second-order valence-electron chi connectivity index (χ2n) is 4.37. The normalized spacial score (nSPS) is 21.8. The van der Waals surface area contributed by atoms with E-state index < -0.39 is 17.6 Å². The van der Waals surface area contributed by atoms with E-state index in [9.17, 15) is 9.59 Å². The van der Waals surface area contributed by atoms with Crippen LogP contribution in [0.4, 0.5) is 0 Å². The number of carbonyl (C=O) groups excluding carboxylic acids is 1. The van der Waals surface area contributed by atoms with Crippen LogP contribution in [-0.2, 0) is 9.59 Å². The van der Waals surface area contributed by atoms with E-state index in [0.717, 1.165) is 6.42 Å². The molecule has 0 saturated carbocycles. The Morgan fingerprint density at radius 3 is 2.53 bits per heavy atom. The summed E-state index contributed by atoms with van der Waals surface area (Å²) < 4.78 is 0. The van der Waals surface area contributed by atoms with Gasteiger partial charge in [0.15, 0.2) is 0 Å². The number of likely N-dealkylation sites (N-methyl/N-ethyl adjacent to an activating group) is 1. The average Bonchev–Trinajstić information content (AvgIpc) is 2.64. The Hall–Kier alpha value is -1.10. The molecular weight excluding hydrogens is 196 g/mol. The standard InChI is InChI=1S/C10H18N2O3/c1-10(2,11-3)9(15)12-6-4-5-7(12)8(13)14/h7,11H,4-6H2,1-3H3,(H,13,14). The molecule has 2 N–H and O–H groups in total. The highest BCUT2D eigenvalue weighted by Gasteiger charge is 2.39. The van der Waals surface area contributed by atoms with Crippen molar-refractivity contribution in [2.24, 2.45) is 0 Å². The largest absolute Gasteiger partial charge is 0.480 e. The zero-order valence-electron chi connectivity index (χ0n) is 9.41. The quantitative estimate of drug-likeness (QED) is 0.697. The Morgan fingerprint density at radius 1 is 1.47 bits per heavy atom. The van der Waals surface area contributed by atoms with Gasteiger partial charge >= 0.3 is 5.97 Å². The molecule has 0 bridgehead atoms. The van der Waals surface area contributed by atoms with Crippen molar-refractivity contribution in [2.75, 3.05) is 13.6 Å². The van der Waals surface area contributed by atoms with Gasteiger partial charge in [-0.05, 0) is 33.7 Å². The Balaban J connectivity index is 2.79. The third kappa shape index (κ3) is 2.28. The van der Waals surface area contributed by atoms with Crippen LogP contribution < -0.4 is 5.32 Å². The van der Waals surface area contributed by atoms with E-state index in [2.05, 4.69) is 5.32 Å². The summed E-state index contributed by atoms with van der Waals surface area (Å²) >= 11 is 0. The lowest BCUT2D eigenvalue weighted by atomic mass is 10.0. The lowest BCUT2D eigenvalue weighted by Gasteiger charge is -2.31. The van der Waals surface area contributed by atoms with Gasteiger partial charge in [0, 0.05) is 6.54 Å². The highest BCUT2D eigenvalue weighted by molar-refractivity contribution is 5.90. The summed E-state index contributed by atoms with van der Waals surface area (Å²) in [5.74, 6) is -1.05. The molecule has 1 aliphatic heterocycles. The van der Waals surface area contributed by atoms with Gasteiger partial charge in [-0.1, -0.05) is 0 Å². The molecule has 1 heterocycles. The zero-order valence-corrected chi connectivity index (χ0v) is 9.41. The Morgan fingerprint density at radius 2 is 2.07 bits per heavy atom. The first-order chi connectivity index (χ1) is 6.90. The van der Waals surface area contributed by atoms with E-state index in [4.69, 9.17) is 5.11 Å².